The molecule has 0 bridgehead atoms. The van der Waals surface area contributed by atoms with Crippen LogP contribution >= 0.6 is 11.6 Å². The Kier molecular flexibility index (Phi) is 3.80. The van der Waals surface area contributed by atoms with Gasteiger partial charge in [-0.2, -0.15) is 0 Å². The molecule has 0 heterocycles. The summed E-state index contributed by atoms with van der Waals surface area (Å²) in [5.74, 6) is -2.70. The summed E-state index contributed by atoms with van der Waals surface area (Å²) in [7, 11) is 1.06. The summed E-state index contributed by atoms with van der Waals surface area (Å²) in [5.41, 5.74) is -0.0328. The molecular formula is C10H8ClFO3. The number of rotatable bonds is 3. The molecule has 3 nitrogen and oxygen atoms in total. The minimum Gasteiger partial charge on any atom is -0.463 e. The average molecular weight is 231 g/mol. The van der Waals surface area contributed by atoms with Crippen molar-refractivity contribution in [2.24, 2.45) is 0 Å². The molecule has 0 aliphatic carbocycles. The summed E-state index contributed by atoms with van der Waals surface area (Å²) in [5, 5.41) is -1.35. The van der Waals surface area contributed by atoms with E-state index in [9.17, 15) is 14.0 Å². The van der Waals surface area contributed by atoms with E-state index in [4.69, 9.17) is 11.6 Å². The first-order valence-electron chi connectivity index (χ1n) is 4.08. The molecule has 80 valence electrons. The average Bonchev–Trinajstić information content (AvgIpc) is 2.26. The topological polar surface area (TPSA) is 43.4 Å². The van der Waals surface area contributed by atoms with Crippen molar-refractivity contribution in [1.82, 2.24) is 0 Å². The Morgan fingerprint density at radius 1 is 1.40 bits per heavy atom. The van der Waals surface area contributed by atoms with Gasteiger partial charge in [0.1, 0.15) is 11.2 Å². The van der Waals surface area contributed by atoms with E-state index in [1.807, 2.05) is 0 Å². The van der Waals surface area contributed by atoms with E-state index in [0.29, 0.717) is 0 Å². The van der Waals surface area contributed by atoms with Crippen LogP contribution in [0.2, 0.25) is 0 Å². The monoisotopic (exact) mass is 230 g/mol. The first-order chi connectivity index (χ1) is 7.07. The lowest BCUT2D eigenvalue weighted by molar-refractivity contribution is -0.151. The van der Waals surface area contributed by atoms with Crippen molar-refractivity contribution in [3.63, 3.8) is 0 Å². The van der Waals surface area contributed by atoms with E-state index in [1.54, 1.807) is 0 Å². The Hall–Kier alpha value is -1.42. The van der Waals surface area contributed by atoms with Crippen LogP contribution in [0.25, 0.3) is 0 Å². The predicted octanol–water partition coefficient (Wildman–Crippen LogP) is 1.85. The van der Waals surface area contributed by atoms with E-state index < -0.39 is 22.9 Å². The number of hydrogen-bond acceptors (Lipinski definition) is 3. The predicted molar refractivity (Wildman–Crippen MR) is 52.0 cm³/mol. The molecule has 15 heavy (non-hydrogen) atoms. The normalized spacial score (nSPS) is 11.9. The van der Waals surface area contributed by atoms with Gasteiger partial charge in [0.2, 0.25) is 0 Å². The van der Waals surface area contributed by atoms with E-state index in [-0.39, 0.29) is 5.56 Å². The van der Waals surface area contributed by atoms with Gasteiger partial charge in [-0.15, -0.1) is 11.6 Å². The highest BCUT2D eigenvalue weighted by atomic mass is 35.5. The Morgan fingerprint density at radius 2 is 2.00 bits per heavy atom. The van der Waals surface area contributed by atoms with E-state index in [1.165, 1.54) is 18.2 Å². The highest BCUT2D eigenvalue weighted by Crippen LogP contribution is 2.24. The fourth-order valence-electron chi connectivity index (χ4n) is 1.03. The van der Waals surface area contributed by atoms with E-state index in [0.717, 1.165) is 13.2 Å². The van der Waals surface area contributed by atoms with Gasteiger partial charge < -0.3 is 4.74 Å². The van der Waals surface area contributed by atoms with Crippen LogP contribution in [0.5, 0.6) is 0 Å². The summed E-state index contributed by atoms with van der Waals surface area (Å²) >= 11 is 5.65. The van der Waals surface area contributed by atoms with Gasteiger partial charge in [0.15, 0.2) is 0 Å². The van der Waals surface area contributed by atoms with Crippen molar-refractivity contribution < 1.29 is 18.7 Å². The number of benzene rings is 1. The number of ether oxygens (including phenoxy) is 1. The summed E-state index contributed by atoms with van der Waals surface area (Å²) in [4.78, 5) is 22.1. The molecule has 0 aliphatic rings. The fraction of sp³-hybridized carbons (Fsp3) is 0.200. The zero-order chi connectivity index (χ0) is 11.4. The summed E-state index contributed by atoms with van der Waals surface area (Å²) in [6.45, 7) is 0. The molecular weight excluding hydrogens is 223 g/mol. The van der Waals surface area contributed by atoms with Crippen molar-refractivity contribution in [2.45, 2.75) is 5.38 Å². The molecule has 1 rings (SSSR count). The molecule has 1 atom stereocenters. The SMILES string of the molecule is COC(=O)C(=O)C(Cl)c1ccccc1F. The molecule has 0 spiro atoms. The molecule has 0 radical (unpaired) electrons. The van der Waals surface area contributed by atoms with Crippen molar-refractivity contribution in [2.75, 3.05) is 7.11 Å². The minimum absolute atomic E-state index is 0.0328. The van der Waals surface area contributed by atoms with Crippen LogP contribution in [0, 0.1) is 5.82 Å². The molecule has 0 N–H and O–H groups in total. The van der Waals surface area contributed by atoms with Crippen LogP contribution in [0.15, 0.2) is 24.3 Å². The number of hydrogen-bond donors (Lipinski definition) is 0. The highest BCUT2D eigenvalue weighted by molar-refractivity contribution is 6.47. The lowest BCUT2D eigenvalue weighted by atomic mass is 10.1. The van der Waals surface area contributed by atoms with Crippen LogP contribution in [0.1, 0.15) is 10.9 Å². The first-order valence-corrected chi connectivity index (χ1v) is 4.52. The highest BCUT2D eigenvalue weighted by Gasteiger charge is 2.27. The quantitative estimate of drug-likeness (QED) is 0.452. The number of methoxy groups -OCH3 is 1. The second kappa shape index (κ2) is 4.89. The van der Waals surface area contributed by atoms with Gasteiger partial charge in [-0.25, -0.2) is 9.18 Å². The third kappa shape index (κ3) is 2.53. The van der Waals surface area contributed by atoms with Gasteiger partial charge in [0.05, 0.1) is 7.11 Å². The lowest BCUT2D eigenvalue weighted by Crippen LogP contribution is -2.20. The third-order valence-corrected chi connectivity index (χ3v) is 2.23. The van der Waals surface area contributed by atoms with Crippen LogP contribution in [-0.2, 0) is 14.3 Å². The van der Waals surface area contributed by atoms with Gasteiger partial charge in [0.25, 0.3) is 5.78 Å². The number of Topliss-reactive ketones (excluding diaryl/α,β-unsaturated/α-hetero) is 1. The molecule has 1 aromatic rings. The number of halogens is 2. The Bertz CT molecular complexity index is 392. The first kappa shape index (κ1) is 11.7. The van der Waals surface area contributed by atoms with Crippen molar-refractivity contribution >= 4 is 23.4 Å². The van der Waals surface area contributed by atoms with Gasteiger partial charge in [0, 0.05) is 5.56 Å². The molecule has 0 saturated heterocycles. The smallest absolute Gasteiger partial charge is 0.376 e. The minimum atomic E-state index is -1.35. The maximum absolute atomic E-state index is 13.2. The Labute approximate surface area is 90.8 Å². The molecule has 0 aromatic heterocycles. The van der Waals surface area contributed by atoms with Crippen molar-refractivity contribution in [1.29, 1.82) is 0 Å². The zero-order valence-electron chi connectivity index (χ0n) is 7.87. The van der Waals surface area contributed by atoms with Crippen LogP contribution in [-0.4, -0.2) is 18.9 Å². The summed E-state index contributed by atoms with van der Waals surface area (Å²) < 4.78 is 17.4. The maximum atomic E-state index is 13.2. The molecule has 0 amide bonds. The Morgan fingerprint density at radius 3 is 2.53 bits per heavy atom. The second-order valence-corrected chi connectivity index (χ2v) is 3.18. The van der Waals surface area contributed by atoms with Gasteiger partial charge >= 0.3 is 5.97 Å². The molecule has 0 fully saturated rings. The zero-order valence-corrected chi connectivity index (χ0v) is 8.62. The molecule has 0 aliphatic heterocycles. The van der Waals surface area contributed by atoms with Crippen molar-refractivity contribution in [3.8, 4) is 0 Å². The van der Waals surface area contributed by atoms with Crippen LogP contribution < -0.4 is 0 Å². The van der Waals surface area contributed by atoms with Gasteiger partial charge in [-0.1, -0.05) is 18.2 Å². The number of carbonyl (C=O) groups excluding carboxylic acids is 2. The molecule has 1 aromatic carbocycles. The van der Waals surface area contributed by atoms with E-state index >= 15 is 0 Å². The molecule has 1 unspecified atom stereocenters. The lowest BCUT2D eigenvalue weighted by Gasteiger charge is -2.07. The maximum Gasteiger partial charge on any atom is 0.376 e. The largest absolute Gasteiger partial charge is 0.463 e. The summed E-state index contributed by atoms with van der Waals surface area (Å²) in [6, 6.07) is 5.49. The van der Waals surface area contributed by atoms with Crippen LogP contribution in [0.3, 0.4) is 0 Å². The second-order valence-electron chi connectivity index (χ2n) is 2.74. The van der Waals surface area contributed by atoms with Gasteiger partial charge in [-0.05, 0) is 6.07 Å². The van der Waals surface area contributed by atoms with Crippen LogP contribution in [0.4, 0.5) is 4.39 Å². The number of alkyl halides is 1. The van der Waals surface area contributed by atoms with Gasteiger partial charge in [-0.3, -0.25) is 4.79 Å². The Balaban J connectivity index is 2.95. The summed E-state index contributed by atoms with van der Waals surface area (Å²) in [6.07, 6.45) is 0. The van der Waals surface area contributed by atoms with E-state index in [2.05, 4.69) is 4.74 Å². The number of ketones is 1. The number of esters is 1. The van der Waals surface area contributed by atoms with Crippen molar-refractivity contribution in [3.05, 3.63) is 35.6 Å². The molecule has 0 saturated carbocycles. The molecule has 5 heteroatoms. The fourth-order valence-corrected chi connectivity index (χ4v) is 1.29. The standard InChI is InChI=1S/C10H8ClFO3/c1-15-10(14)9(13)8(11)6-4-2-3-5-7(6)12/h2-5,8H,1H3. The number of carbonyl (C=O) groups is 2. The third-order valence-electron chi connectivity index (χ3n) is 1.80.